The van der Waals surface area contributed by atoms with E-state index in [-0.39, 0.29) is 0 Å². The lowest BCUT2D eigenvalue weighted by Crippen LogP contribution is -1.84. The lowest BCUT2D eigenvalue weighted by atomic mass is 10.1. The van der Waals surface area contributed by atoms with Gasteiger partial charge in [-0.05, 0) is 6.42 Å². The molecule has 0 aliphatic heterocycles. The van der Waals surface area contributed by atoms with Gasteiger partial charge in [0.2, 0.25) is 0 Å². The first-order chi connectivity index (χ1) is 7.41. The quantitative estimate of drug-likeness (QED) is 0.359. The molecular weight excluding hydrogens is 224 g/mol. The Morgan fingerprint density at radius 3 is 1.40 bits per heavy atom. The normalized spacial score (nSPS) is 9.80. The Morgan fingerprint density at radius 1 is 0.733 bits per heavy atom. The van der Waals surface area contributed by atoms with Crippen LogP contribution in [0.5, 0.6) is 0 Å². The van der Waals surface area contributed by atoms with E-state index in [0.29, 0.717) is 6.61 Å². The summed E-state index contributed by atoms with van der Waals surface area (Å²) < 4.78 is 0. The topological polar surface area (TPSA) is 20.2 Å². The highest BCUT2D eigenvalue weighted by Crippen LogP contribution is 2.09. The van der Waals surface area contributed by atoms with Crippen LogP contribution in [0.1, 0.15) is 71.1 Å². The molecule has 0 radical (unpaired) electrons. The third-order valence-electron chi connectivity index (χ3n) is 2.51. The third-order valence-corrected chi connectivity index (χ3v) is 2.51. The molecule has 3 heteroatoms. The highest BCUT2D eigenvalue weighted by molar-refractivity contribution is 6.80. The molecule has 0 aromatic heterocycles. The van der Waals surface area contributed by atoms with Crippen molar-refractivity contribution in [1.29, 1.82) is 0 Å². The maximum absolute atomic E-state index is 8.57. The van der Waals surface area contributed by atoms with Crippen molar-refractivity contribution < 1.29 is 5.11 Å². The van der Waals surface area contributed by atoms with Crippen LogP contribution in [0, 0.1) is 0 Å². The zero-order chi connectivity index (χ0) is 11.8. The van der Waals surface area contributed by atoms with Gasteiger partial charge in [-0.2, -0.15) is 11.1 Å². The minimum Gasteiger partial charge on any atom is -0.396 e. The molecule has 0 rings (SSSR count). The number of hydrogen-bond donors (Lipinski definition) is 1. The first kappa shape index (κ1) is 17.8. The van der Waals surface area contributed by atoms with Crippen molar-refractivity contribution in [2.24, 2.45) is 0 Å². The fourth-order valence-electron chi connectivity index (χ4n) is 1.60. The molecule has 0 saturated heterocycles. The molecule has 0 aromatic carbocycles. The Kier molecular flexibility index (Phi) is 23.7. The van der Waals surface area contributed by atoms with Gasteiger partial charge in [0.25, 0.3) is 0 Å². The number of hydrogen-bond acceptors (Lipinski definition) is 1. The van der Waals surface area contributed by atoms with Gasteiger partial charge in [-0.15, -0.1) is 0 Å². The predicted molar refractivity (Wildman–Crippen MR) is 74.7 cm³/mol. The summed E-state index contributed by atoms with van der Waals surface area (Å²) >= 11 is 4.78. The van der Waals surface area contributed by atoms with E-state index in [1.807, 2.05) is 0 Å². The van der Waals surface area contributed by atoms with Crippen LogP contribution in [-0.4, -0.2) is 21.3 Å². The van der Waals surface area contributed by atoms with Gasteiger partial charge in [0.1, 0.15) is 9.55 Å². The van der Waals surface area contributed by atoms with Crippen LogP contribution in [-0.2, 0) is 0 Å². The molecule has 0 fully saturated rings. The summed E-state index contributed by atoms with van der Waals surface area (Å²) in [6.45, 7) is 2.63. The largest absolute Gasteiger partial charge is 0.396 e. The van der Waals surface area contributed by atoms with E-state index >= 15 is 0 Å². The smallest absolute Gasteiger partial charge is 0.109 e. The van der Waals surface area contributed by atoms with Crippen molar-refractivity contribution in [3.63, 3.8) is 0 Å². The molecule has 94 valence electrons. The van der Waals surface area contributed by atoms with Crippen molar-refractivity contribution in [1.82, 2.24) is 0 Å². The summed E-state index contributed by atoms with van der Waals surface area (Å²) in [5.74, 6) is 0. The fourth-order valence-corrected chi connectivity index (χ4v) is 1.60. The predicted octanol–water partition coefficient (Wildman–Crippen LogP) is 3.41. The highest BCUT2D eigenvalue weighted by Gasteiger charge is 1.91. The van der Waals surface area contributed by atoms with Gasteiger partial charge in [0.15, 0.2) is 0 Å². The highest BCUT2D eigenvalue weighted by atomic mass is 35.6. The van der Waals surface area contributed by atoms with E-state index in [0.717, 1.165) is 16.0 Å². The summed E-state index contributed by atoms with van der Waals surface area (Å²) in [7, 11) is 0.778. The first-order valence-corrected chi connectivity index (χ1v) is 9.43. The Bertz CT molecular complexity index is 81.7. The van der Waals surface area contributed by atoms with E-state index < -0.39 is 0 Å². The molecule has 0 saturated carbocycles. The second-order valence-electron chi connectivity index (χ2n) is 3.91. The molecule has 0 amide bonds. The van der Waals surface area contributed by atoms with E-state index in [1.54, 1.807) is 0 Å². The van der Waals surface area contributed by atoms with Crippen LogP contribution in [0.25, 0.3) is 0 Å². The number of unbranched alkanes of at least 4 members (excludes halogenated alkanes) is 9. The van der Waals surface area contributed by atoms with Crippen LogP contribution >= 0.6 is 11.1 Å². The fraction of sp³-hybridized carbons (Fsp3) is 1.00. The first-order valence-electron chi connectivity index (χ1n) is 6.40. The lowest BCUT2D eigenvalue weighted by Gasteiger charge is -2.00. The average Bonchev–Trinajstić information content (AvgIpc) is 2.30. The maximum Gasteiger partial charge on any atom is 0.109 e. The van der Waals surface area contributed by atoms with Gasteiger partial charge in [-0.25, -0.2) is 0 Å². The standard InChI is InChI=1S/C12H26O.ClH3Si/c1-2-3-4-5-6-7-8-9-10-11-12-13;1-2/h13H,2-12H2,1H3;2H3. The summed E-state index contributed by atoms with van der Waals surface area (Å²) in [6, 6.07) is 0. The van der Waals surface area contributed by atoms with E-state index in [1.165, 1.54) is 57.8 Å². The molecule has 0 aliphatic carbocycles. The number of aliphatic hydroxyl groups is 1. The maximum atomic E-state index is 8.57. The third kappa shape index (κ3) is 20.5. The molecule has 1 N–H and O–H groups in total. The van der Waals surface area contributed by atoms with E-state index in [2.05, 4.69) is 6.92 Å². The van der Waals surface area contributed by atoms with Crippen molar-refractivity contribution in [3.05, 3.63) is 0 Å². The molecule has 0 bridgehead atoms. The van der Waals surface area contributed by atoms with Gasteiger partial charge in [-0.3, -0.25) is 0 Å². The van der Waals surface area contributed by atoms with Crippen molar-refractivity contribution in [3.8, 4) is 0 Å². The Morgan fingerprint density at radius 2 is 1.07 bits per heavy atom. The van der Waals surface area contributed by atoms with Crippen molar-refractivity contribution >= 4 is 20.6 Å². The zero-order valence-electron chi connectivity index (χ0n) is 10.6. The summed E-state index contributed by atoms with van der Waals surface area (Å²) in [5, 5.41) is 8.57. The minimum atomic E-state index is 0.372. The van der Waals surface area contributed by atoms with Crippen LogP contribution in [0.4, 0.5) is 0 Å². The molecule has 15 heavy (non-hydrogen) atoms. The van der Waals surface area contributed by atoms with E-state index in [9.17, 15) is 0 Å². The van der Waals surface area contributed by atoms with E-state index in [4.69, 9.17) is 16.2 Å². The summed E-state index contributed by atoms with van der Waals surface area (Å²) in [5.41, 5.74) is 0. The van der Waals surface area contributed by atoms with Crippen LogP contribution in [0.15, 0.2) is 0 Å². The van der Waals surface area contributed by atoms with Gasteiger partial charge in [-0.1, -0.05) is 64.7 Å². The minimum absolute atomic E-state index is 0.372. The molecule has 0 aromatic rings. The molecule has 0 spiro atoms. The molecule has 0 aliphatic rings. The summed E-state index contributed by atoms with van der Waals surface area (Å²) in [6.07, 6.45) is 13.3. The van der Waals surface area contributed by atoms with Gasteiger partial charge in [0.05, 0.1) is 0 Å². The Labute approximate surface area is 104 Å². The summed E-state index contributed by atoms with van der Waals surface area (Å²) in [4.78, 5) is 0. The number of aliphatic hydroxyl groups excluding tert-OH is 1. The van der Waals surface area contributed by atoms with Gasteiger partial charge >= 0.3 is 0 Å². The SMILES string of the molecule is CCCCCCCCCCCCO.[SiH3]Cl. The average molecular weight is 253 g/mol. The molecule has 0 heterocycles. The van der Waals surface area contributed by atoms with Gasteiger partial charge in [0, 0.05) is 6.61 Å². The molecule has 0 unspecified atom stereocenters. The zero-order valence-corrected chi connectivity index (χ0v) is 13.4. The number of halogens is 1. The second kappa shape index (κ2) is 20.0. The molecular formula is C12H29ClOSi. The van der Waals surface area contributed by atoms with Crippen molar-refractivity contribution in [2.75, 3.05) is 6.61 Å². The molecule has 0 atom stereocenters. The number of rotatable bonds is 10. The lowest BCUT2D eigenvalue weighted by molar-refractivity contribution is 0.282. The second-order valence-corrected chi connectivity index (χ2v) is 3.91. The monoisotopic (exact) mass is 252 g/mol. The molecule has 1 nitrogen and oxygen atoms in total. The Hall–Kier alpha value is 0.467. The van der Waals surface area contributed by atoms with Crippen LogP contribution in [0.2, 0.25) is 0 Å². The van der Waals surface area contributed by atoms with Crippen LogP contribution in [0.3, 0.4) is 0 Å². The van der Waals surface area contributed by atoms with Gasteiger partial charge < -0.3 is 5.11 Å². The Balaban J connectivity index is 0. The van der Waals surface area contributed by atoms with Crippen LogP contribution < -0.4 is 0 Å². The van der Waals surface area contributed by atoms with Crippen molar-refractivity contribution in [2.45, 2.75) is 71.1 Å².